The lowest BCUT2D eigenvalue weighted by atomic mass is 9.91. The van der Waals surface area contributed by atoms with E-state index in [4.69, 9.17) is 14.2 Å². The maximum absolute atomic E-state index is 13.8. The monoisotopic (exact) mass is 476 g/mol. The molecule has 0 bridgehead atoms. The molecule has 182 valence electrons. The van der Waals surface area contributed by atoms with Crippen LogP contribution in [-0.2, 0) is 23.8 Å². The molecule has 8 nitrogen and oxygen atoms in total. The Morgan fingerprint density at radius 1 is 0.943 bits per heavy atom. The van der Waals surface area contributed by atoms with Crippen LogP contribution in [0, 0.1) is 0 Å². The summed E-state index contributed by atoms with van der Waals surface area (Å²) < 4.78 is 16.1. The fourth-order valence-electron chi connectivity index (χ4n) is 4.17. The first-order chi connectivity index (χ1) is 17.1. The standard InChI is InChI=1S/C27H28N2O6/c1-3-34-26(31)24(21(19-10-6-5-7-11-19)18-28-14-16-33-17-15-28)23-20-12-8-9-13-22(20)29(25(23)30)27(32)35-4-2/h5-13,18H,3-4,14-17H2,1-2H3/b21-18-,24-23+. The van der Waals surface area contributed by atoms with E-state index in [9.17, 15) is 14.4 Å². The second-order valence-electron chi connectivity index (χ2n) is 7.88. The Labute approximate surface area is 204 Å². The number of fused-ring (bicyclic) bond motifs is 1. The van der Waals surface area contributed by atoms with Gasteiger partial charge in [-0.25, -0.2) is 14.5 Å². The average molecular weight is 477 g/mol. The van der Waals surface area contributed by atoms with Gasteiger partial charge >= 0.3 is 12.1 Å². The number of imide groups is 1. The van der Waals surface area contributed by atoms with Crippen LogP contribution in [-0.4, -0.2) is 62.4 Å². The first-order valence-corrected chi connectivity index (χ1v) is 11.7. The fraction of sp³-hybridized carbons (Fsp3) is 0.296. The highest BCUT2D eigenvalue weighted by molar-refractivity contribution is 6.43. The van der Waals surface area contributed by atoms with Crippen LogP contribution in [0.15, 0.2) is 66.4 Å². The smallest absolute Gasteiger partial charge is 0.421 e. The first-order valence-electron chi connectivity index (χ1n) is 11.7. The second kappa shape index (κ2) is 11.0. The number of hydrogen-bond donors (Lipinski definition) is 0. The van der Waals surface area contributed by atoms with E-state index in [2.05, 4.69) is 4.90 Å². The molecule has 4 rings (SSSR count). The number of carbonyl (C=O) groups is 3. The summed E-state index contributed by atoms with van der Waals surface area (Å²) in [5.41, 5.74) is 2.33. The predicted octanol–water partition coefficient (Wildman–Crippen LogP) is 3.88. The van der Waals surface area contributed by atoms with Gasteiger partial charge < -0.3 is 19.1 Å². The molecule has 2 aliphatic rings. The van der Waals surface area contributed by atoms with Crippen molar-refractivity contribution in [2.45, 2.75) is 13.8 Å². The first kappa shape index (κ1) is 24.2. The minimum atomic E-state index is -0.790. The molecule has 0 saturated carbocycles. The van der Waals surface area contributed by atoms with Crippen LogP contribution in [0.1, 0.15) is 25.0 Å². The van der Waals surface area contributed by atoms with E-state index in [0.717, 1.165) is 10.5 Å². The number of nitrogens with zero attached hydrogens (tertiary/aromatic N) is 2. The molecule has 35 heavy (non-hydrogen) atoms. The van der Waals surface area contributed by atoms with Crippen molar-refractivity contribution in [2.24, 2.45) is 0 Å². The van der Waals surface area contributed by atoms with E-state index >= 15 is 0 Å². The largest absolute Gasteiger partial charge is 0.462 e. The number of para-hydroxylation sites is 1. The Morgan fingerprint density at radius 3 is 2.29 bits per heavy atom. The van der Waals surface area contributed by atoms with E-state index in [0.29, 0.717) is 43.1 Å². The molecule has 0 radical (unpaired) electrons. The molecule has 8 heteroatoms. The molecule has 1 saturated heterocycles. The van der Waals surface area contributed by atoms with Gasteiger partial charge in [-0.3, -0.25) is 4.79 Å². The van der Waals surface area contributed by atoms with E-state index in [1.807, 2.05) is 36.5 Å². The second-order valence-corrected chi connectivity index (χ2v) is 7.88. The van der Waals surface area contributed by atoms with E-state index in [1.54, 1.807) is 38.1 Å². The normalized spacial score (nSPS) is 17.2. The van der Waals surface area contributed by atoms with Crippen molar-refractivity contribution >= 4 is 34.8 Å². The van der Waals surface area contributed by atoms with Gasteiger partial charge in [0.25, 0.3) is 5.91 Å². The lowest BCUT2D eigenvalue weighted by Gasteiger charge is -2.27. The molecule has 2 aromatic rings. The molecular weight excluding hydrogens is 448 g/mol. The van der Waals surface area contributed by atoms with Crippen molar-refractivity contribution < 1.29 is 28.6 Å². The molecule has 0 aromatic heterocycles. The summed E-state index contributed by atoms with van der Waals surface area (Å²) in [6.45, 7) is 6.02. The Morgan fingerprint density at radius 2 is 1.60 bits per heavy atom. The molecule has 2 aromatic carbocycles. The third kappa shape index (κ3) is 4.97. The van der Waals surface area contributed by atoms with Gasteiger partial charge in [-0.05, 0) is 25.5 Å². The maximum atomic E-state index is 13.8. The zero-order chi connectivity index (χ0) is 24.8. The number of anilines is 1. The van der Waals surface area contributed by atoms with Crippen LogP contribution < -0.4 is 4.90 Å². The molecule has 0 spiro atoms. The number of benzene rings is 2. The topological polar surface area (TPSA) is 85.4 Å². The highest BCUT2D eigenvalue weighted by atomic mass is 16.6. The van der Waals surface area contributed by atoms with Crippen LogP contribution in [0.4, 0.5) is 10.5 Å². The SMILES string of the molecule is CCOC(=O)C(/C(=C\N1CCOCC1)c1ccccc1)=C1/C(=O)N(C(=O)OCC)c2ccccc21. The lowest BCUT2D eigenvalue weighted by molar-refractivity contribution is -0.138. The average Bonchev–Trinajstić information content (AvgIpc) is 3.17. The maximum Gasteiger partial charge on any atom is 0.421 e. The number of amides is 2. The zero-order valence-corrected chi connectivity index (χ0v) is 19.9. The van der Waals surface area contributed by atoms with Crippen LogP contribution in [0.25, 0.3) is 11.1 Å². The molecule has 0 unspecified atom stereocenters. The summed E-state index contributed by atoms with van der Waals surface area (Å²) in [6.07, 6.45) is 1.08. The van der Waals surface area contributed by atoms with Gasteiger partial charge in [0.15, 0.2) is 0 Å². The molecule has 0 N–H and O–H groups in total. The van der Waals surface area contributed by atoms with Crippen LogP contribution in [0.5, 0.6) is 0 Å². The lowest BCUT2D eigenvalue weighted by Crippen LogP contribution is -2.35. The molecule has 2 heterocycles. The Kier molecular flexibility index (Phi) is 7.62. The van der Waals surface area contributed by atoms with Crippen molar-refractivity contribution in [3.8, 4) is 0 Å². The molecule has 0 atom stereocenters. The summed E-state index contributed by atoms with van der Waals surface area (Å²) >= 11 is 0. The van der Waals surface area contributed by atoms with Crippen molar-refractivity contribution in [1.29, 1.82) is 0 Å². The number of carbonyl (C=O) groups excluding carboxylic acids is 3. The van der Waals surface area contributed by atoms with E-state index < -0.39 is 18.0 Å². The molecule has 2 aliphatic heterocycles. The van der Waals surface area contributed by atoms with E-state index in [1.165, 1.54) is 0 Å². The Bertz CT molecular complexity index is 1170. The van der Waals surface area contributed by atoms with Gasteiger partial charge in [0, 0.05) is 30.4 Å². The molecule has 1 fully saturated rings. The third-order valence-corrected chi connectivity index (χ3v) is 5.72. The minimum Gasteiger partial charge on any atom is -0.462 e. The van der Waals surface area contributed by atoms with Crippen molar-refractivity contribution in [3.63, 3.8) is 0 Å². The van der Waals surface area contributed by atoms with Gasteiger partial charge in [0.05, 0.1) is 43.3 Å². The van der Waals surface area contributed by atoms with Crippen molar-refractivity contribution in [2.75, 3.05) is 44.4 Å². The summed E-state index contributed by atoms with van der Waals surface area (Å²) in [7, 11) is 0. The summed E-state index contributed by atoms with van der Waals surface area (Å²) in [5.74, 6) is -1.27. The number of ether oxygens (including phenoxy) is 3. The summed E-state index contributed by atoms with van der Waals surface area (Å²) in [5, 5.41) is 0. The molecular formula is C27H28N2O6. The third-order valence-electron chi connectivity index (χ3n) is 5.72. The zero-order valence-electron chi connectivity index (χ0n) is 19.9. The number of esters is 1. The summed E-state index contributed by atoms with van der Waals surface area (Å²) in [6, 6.07) is 16.2. The van der Waals surface area contributed by atoms with Gasteiger partial charge in [0.1, 0.15) is 0 Å². The van der Waals surface area contributed by atoms with Gasteiger partial charge in [-0.2, -0.15) is 0 Å². The predicted molar refractivity (Wildman–Crippen MR) is 131 cm³/mol. The molecule has 2 amide bonds. The van der Waals surface area contributed by atoms with Crippen LogP contribution in [0.2, 0.25) is 0 Å². The van der Waals surface area contributed by atoms with Gasteiger partial charge in [0.2, 0.25) is 0 Å². The highest BCUT2D eigenvalue weighted by Gasteiger charge is 2.41. The van der Waals surface area contributed by atoms with Crippen LogP contribution in [0.3, 0.4) is 0 Å². The van der Waals surface area contributed by atoms with Crippen molar-refractivity contribution in [1.82, 2.24) is 4.90 Å². The fourth-order valence-corrected chi connectivity index (χ4v) is 4.17. The Balaban J connectivity index is 1.98. The van der Waals surface area contributed by atoms with Crippen molar-refractivity contribution in [3.05, 3.63) is 77.5 Å². The highest BCUT2D eigenvalue weighted by Crippen LogP contribution is 2.42. The Hall–Kier alpha value is -3.91. The van der Waals surface area contributed by atoms with Crippen LogP contribution >= 0.6 is 0 Å². The summed E-state index contributed by atoms with van der Waals surface area (Å²) in [4.78, 5) is 43.0. The minimum absolute atomic E-state index is 0.105. The quantitative estimate of drug-likeness (QED) is 0.462. The van der Waals surface area contributed by atoms with Gasteiger partial charge in [-0.15, -0.1) is 0 Å². The van der Waals surface area contributed by atoms with E-state index in [-0.39, 0.29) is 24.4 Å². The number of rotatable bonds is 6. The van der Waals surface area contributed by atoms with Gasteiger partial charge in [-0.1, -0.05) is 48.5 Å². The number of hydrogen-bond acceptors (Lipinski definition) is 7. The molecule has 0 aliphatic carbocycles. The number of morpholine rings is 1.